The Labute approximate surface area is 111 Å². The van der Waals surface area contributed by atoms with Gasteiger partial charge >= 0.3 is 0 Å². The van der Waals surface area contributed by atoms with Crippen LogP contribution in [-0.4, -0.2) is 18.5 Å². The van der Waals surface area contributed by atoms with Crippen molar-refractivity contribution in [1.82, 2.24) is 5.32 Å². The maximum absolute atomic E-state index is 10.9. The Hall–Kier alpha value is -1.03. The third-order valence-electron chi connectivity index (χ3n) is 2.75. The number of rotatable bonds is 4. The van der Waals surface area contributed by atoms with E-state index in [1.165, 1.54) is 5.56 Å². The summed E-state index contributed by atoms with van der Waals surface area (Å²) in [5, 5.41) is 2.78. The molecule has 0 aliphatic heterocycles. The maximum Gasteiger partial charge on any atom is 0.287 e. The number of carbonyl (C=O) groups excluding carboxylic acids is 1. The first kappa shape index (κ1) is 14.0. The molecule has 4 heteroatoms. The molecule has 17 heavy (non-hydrogen) atoms. The molecule has 1 N–H and O–H groups in total. The predicted molar refractivity (Wildman–Crippen MR) is 73.1 cm³/mol. The van der Waals surface area contributed by atoms with E-state index in [4.69, 9.17) is 4.74 Å². The highest BCUT2D eigenvalue weighted by atomic mass is 79.9. The summed E-state index contributed by atoms with van der Waals surface area (Å²) in [6, 6.07) is 6.07. The molecule has 0 atom stereocenters. The summed E-state index contributed by atoms with van der Waals surface area (Å²) in [6.07, 6.45) is 0. The van der Waals surface area contributed by atoms with Crippen molar-refractivity contribution in [3.63, 3.8) is 0 Å². The smallest absolute Gasteiger partial charge is 0.287 e. The number of hydrogen-bond acceptors (Lipinski definition) is 2. The molecule has 0 spiro atoms. The number of carbonyl (C=O) groups is 1. The lowest BCUT2D eigenvalue weighted by atomic mass is 9.83. The Morgan fingerprint density at radius 2 is 2.12 bits per heavy atom. The topological polar surface area (TPSA) is 38.3 Å². The molecule has 3 nitrogen and oxygen atoms in total. The van der Waals surface area contributed by atoms with Gasteiger partial charge in [-0.05, 0) is 13.0 Å². The maximum atomic E-state index is 10.9. The summed E-state index contributed by atoms with van der Waals surface area (Å²) in [6.45, 7) is 6.75. The van der Waals surface area contributed by atoms with Crippen molar-refractivity contribution in [1.29, 1.82) is 0 Å². The first-order valence-corrected chi connectivity index (χ1v) is 6.24. The summed E-state index contributed by atoms with van der Waals surface area (Å²) in [5.74, 6) is 0.851. The quantitative estimate of drug-likeness (QED) is 0.684. The van der Waals surface area contributed by atoms with Gasteiger partial charge in [-0.2, -0.15) is 0 Å². The van der Waals surface area contributed by atoms with Gasteiger partial charge in [0.1, 0.15) is 5.75 Å². The van der Waals surface area contributed by atoms with Crippen LogP contribution in [0.1, 0.15) is 25.0 Å². The number of benzene rings is 1. The molecule has 1 amide bonds. The van der Waals surface area contributed by atoms with Crippen molar-refractivity contribution in [2.24, 2.45) is 0 Å². The Bertz CT molecular complexity index is 416. The van der Waals surface area contributed by atoms with E-state index in [0.29, 0.717) is 6.54 Å². The fourth-order valence-electron chi connectivity index (χ4n) is 1.74. The van der Waals surface area contributed by atoms with Crippen LogP contribution in [0.25, 0.3) is 0 Å². The zero-order chi connectivity index (χ0) is 13.1. The SMILES string of the molecule is COc1ccc(C)cc1C(C)(C)CNC(=O)Br. The Morgan fingerprint density at radius 1 is 1.47 bits per heavy atom. The van der Waals surface area contributed by atoms with Crippen molar-refractivity contribution >= 4 is 20.7 Å². The molecule has 0 aliphatic carbocycles. The monoisotopic (exact) mass is 299 g/mol. The third kappa shape index (κ3) is 3.73. The van der Waals surface area contributed by atoms with Crippen molar-refractivity contribution in [2.75, 3.05) is 13.7 Å². The Balaban J connectivity index is 3.03. The molecular formula is C13H18BrNO2. The highest BCUT2D eigenvalue weighted by molar-refractivity contribution is 9.18. The molecule has 94 valence electrons. The molecule has 0 unspecified atom stereocenters. The van der Waals surface area contributed by atoms with Crippen molar-refractivity contribution < 1.29 is 9.53 Å². The zero-order valence-electron chi connectivity index (χ0n) is 10.6. The van der Waals surface area contributed by atoms with Crippen LogP contribution in [0.5, 0.6) is 5.75 Å². The predicted octanol–water partition coefficient (Wildman–Crippen LogP) is 3.39. The highest BCUT2D eigenvalue weighted by Gasteiger charge is 2.24. The number of methoxy groups -OCH3 is 1. The highest BCUT2D eigenvalue weighted by Crippen LogP contribution is 2.32. The first-order valence-electron chi connectivity index (χ1n) is 5.45. The second-order valence-corrected chi connectivity index (χ2v) is 5.44. The molecule has 0 aromatic heterocycles. The molecule has 0 heterocycles. The summed E-state index contributed by atoms with van der Waals surface area (Å²) in [5.41, 5.74) is 2.10. The molecule has 0 aliphatic rings. The van der Waals surface area contributed by atoms with Crippen LogP contribution in [0.4, 0.5) is 4.79 Å². The fraction of sp³-hybridized carbons (Fsp3) is 0.462. The van der Waals surface area contributed by atoms with E-state index in [1.54, 1.807) is 7.11 Å². The van der Waals surface area contributed by atoms with Gasteiger partial charge in [-0.25, -0.2) is 0 Å². The first-order chi connectivity index (χ1) is 7.86. The van der Waals surface area contributed by atoms with Crippen molar-refractivity contribution in [3.05, 3.63) is 29.3 Å². The number of halogens is 1. The van der Waals surface area contributed by atoms with Crippen LogP contribution < -0.4 is 10.1 Å². The molecule has 1 aromatic carbocycles. The number of nitrogens with one attached hydrogen (secondary N) is 1. The largest absolute Gasteiger partial charge is 0.496 e. The van der Waals surface area contributed by atoms with Crippen LogP contribution in [-0.2, 0) is 5.41 Å². The second kappa shape index (κ2) is 5.54. The zero-order valence-corrected chi connectivity index (χ0v) is 12.2. The minimum absolute atomic E-state index is 0.180. The standard InChI is InChI=1S/C13H18BrNO2/c1-9-5-6-11(17-4)10(7-9)13(2,3)8-15-12(14)16/h5-7H,8H2,1-4H3,(H,15,16). The molecule has 0 bridgehead atoms. The number of amides is 1. The van der Waals surface area contributed by atoms with Crippen LogP contribution >= 0.6 is 15.9 Å². The lowest BCUT2D eigenvalue weighted by Gasteiger charge is -2.27. The summed E-state index contributed by atoms with van der Waals surface area (Å²) in [7, 11) is 1.66. The molecular weight excluding hydrogens is 282 g/mol. The lowest BCUT2D eigenvalue weighted by Crippen LogP contribution is -2.34. The molecule has 0 saturated heterocycles. The van der Waals surface area contributed by atoms with Gasteiger partial charge in [0.05, 0.1) is 7.11 Å². The van der Waals surface area contributed by atoms with Crippen molar-refractivity contribution in [3.8, 4) is 5.75 Å². The fourth-order valence-corrected chi connectivity index (χ4v) is 1.88. The van der Waals surface area contributed by atoms with Gasteiger partial charge in [0.2, 0.25) is 0 Å². The van der Waals surface area contributed by atoms with Gasteiger partial charge < -0.3 is 10.1 Å². The number of hydrogen-bond donors (Lipinski definition) is 1. The molecule has 0 radical (unpaired) electrons. The van der Waals surface area contributed by atoms with E-state index in [0.717, 1.165) is 11.3 Å². The van der Waals surface area contributed by atoms with Gasteiger partial charge in [-0.1, -0.05) is 31.5 Å². The summed E-state index contributed by atoms with van der Waals surface area (Å²) >= 11 is 2.87. The van der Waals surface area contributed by atoms with Gasteiger partial charge in [-0.3, -0.25) is 4.79 Å². The van der Waals surface area contributed by atoms with Gasteiger partial charge in [0.25, 0.3) is 4.82 Å². The van der Waals surface area contributed by atoms with Gasteiger partial charge in [-0.15, -0.1) is 0 Å². The Kier molecular flexibility index (Phi) is 4.57. The van der Waals surface area contributed by atoms with Crippen LogP contribution in [0.2, 0.25) is 0 Å². The average Bonchev–Trinajstić information content (AvgIpc) is 2.26. The van der Waals surface area contributed by atoms with Gasteiger partial charge in [0.15, 0.2) is 0 Å². The molecule has 0 saturated carbocycles. The number of aryl methyl sites for hydroxylation is 1. The van der Waals surface area contributed by atoms with Crippen molar-refractivity contribution in [2.45, 2.75) is 26.2 Å². The van der Waals surface area contributed by atoms with E-state index >= 15 is 0 Å². The molecule has 1 aromatic rings. The van der Waals surface area contributed by atoms with Crippen LogP contribution in [0.3, 0.4) is 0 Å². The van der Waals surface area contributed by atoms with E-state index < -0.39 is 0 Å². The van der Waals surface area contributed by atoms with E-state index in [-0.39, 0.29) is 10.2 Å². The summed E-state index contributed by atoms with van der Waals surface area (Å²) < 4.78 is 5.37. The van der Waals surface area contributed by atoms with Crippen LogP contribution in [0.15, 0.2) is 18.2 Å². The second-order valence-electron chi connectivity index (χ2n) is 4.71. The normalized spacial score (nSPS) is 11.1. The molecule has 1 rings (SSSR count). The number of ether oxygens (including phenoxy) is 1. The average molecular weight is 300 g/mol. The van der Waals surface area contributed by atoms with E-state index in [2.05, 4.69) is 41.2 Å². The Morgan fingerprint density at radius 3 is 2.65 bits per heavy atom. The third-order valence-corrected chi connectivity index (χ3v) is 3.03. The summed E-state index contributed by atoms with van der Waals surface area (Å²) in [4.78, 5) is 10.7. The minimum atomic E-state index is -0.197. The minimum Gasteiger partial charge on any atom is -0.496 e. The van der Waals surface area contributed by atoms with E-state index in [1.807, 2.05) is 19.1 Å². The molecule has 0 fully saturated rings. The van der Waals surface area contributed by atoms with Gasteiger partial charge in [0, 0.05) is 33.5 Å². The van der Waals surface area contributed by atoms with E-state index in [9.17, 15) is 4.79 Å². The van der Waals surface area contributed by atoms with Crippen LogP contribution in [0, 0.1) is 6.92 Å². The lowest BCUT2D eigenvalue weighted by molar-refractivity contribution is 0.259.